The second kappa shape index (κ2) is 16.4. The summed E-state index contributed by atoms with van der Waals surface area (Å²) in [6.45, 7) is 11.5. The number of hydrogen-bond acceptors (Lipinski definition) is 6. The van der Waals surface area contributed by atoms with Gasteiger partial charge in [-0.25, -0.2) is 0 Å². The van der Waals surface area contributed by atoms with E-state index in [1.807, 2.05) is 45.0 Å². The number of aliphatic hydroxyl groups excluding tert-OH is 1. The zero-order valence-corrected chi connectivity index (χ0v) is 26.5. The first kappa shape index (κ1) is 38.8. The molecular formula is C29H51N3O5S3. The lowest BCUT2D eigenvalue weighted by atomic mass is 9.87. The number of rotatable bonds is 7. The van der Waals surface area contributed by atoms with E-state index in [9.17, 15) is 19.5 Å². The van der Waals surface area contributed by atoms with Crippen LogP contribution in [0.3, 0.4) is 0 Å². The molecule has 11 heteroatoms. The molecule has 4 atom stereocenters. The van der Waals surface area contributed by atoms with E-state index >= 15 is 0 Å². The highest BCUT2D eigenvalue weighted by Crippen LogP contribution is 2.31. The van der Waals surface area contributed by atoms with E-state index < -0.39 is 24.3 Å². The molecule has 0 saturated carbocycles. The molecule has 0 aromatic heterocycles. The van der Waals surface area contributed by atoms with Crippen LogP contribution < -0.4 is 5.32 Å². The summed E-state index contributed by atoms with van der Waals surface area (Å²) in [6.07, 6.45) is 2.24. The maximum absolute atomic E-state index is 13.5. The molecular weight excluding hydrogens is 567 g/mol. The average Bonchev–Trinajstić information content (AvgIpc) is 3.38. The normalized spacial score (nSPS) is 23.6. The van der Waals surface area contributed by atoms with Crippen LogP contribution in [0.1, 0.15) is 82.6 Å². The van der Waals surface area contributed by atoms with Gasteiger partial charge in [0.2, 0.25) is 5.91 Å². The zero-order chi connectivity index (χ0) is 26.0. The van der Waals surface area contributed by atoms with Crippen molar-refractivity contribution in [1.82, 2.24) is 15.1 Å². The van der Waals surface area contributed by atoms with Crippen molar-refractivity contribution in [2.75, 3.05) is 32.8 Å². The minimum absolute atomic E-state index is 0. The Balaban J connectivity index is 0.00000380. The molecule has 4 rings (SSSR count). The number of ether oxygens (including phenoxy) is 1. The number of carbonyl (C=O) groups is 3. The highest BCUT2D eigenvalue weighted by molar-refractivity contribution is 7.59. The molecule has 0 bridgehead atoms. The summed E-state index contributed by atoms with van der Waals surface area (Å²) in [4.78, 5) is 43.0. The Labute approximate surface area is 261 Å². The summed E-state index contributed by atoms with van der Waals surface area (Å²) in [7, 11) is 0. The summed E-state index contributed by atoms with van der Waals surface area (Å²) in [6, 6.07) is 6.16. The number of benzene rings is 1. The number of nitrogens with one attached hydrogen (secondary N) is 1. The van der Waals surface area contributed by atoms with E-state index in [2.05, 4.69) is 17.1 Å². The van der Waals surface area contributed by atoms with Crippen molar-refractivity contribution in [3.63, 3.8) is 0 Å². The molecule has 8 nitrogen and oxygen atoms in total. The first-order chi connectivity index (χ1) is 17.1. The van der Waals surface area contributed by atoms with Crippen molar-refractivity contribution in [3.05, 3.63) is 35.4 Å². The number of amides is 2. The molecule has 0 aliphatic carbocycles. The van der Waals surface area contributed by atoms with Crippen molar-refractivity contribution in [3.8, 4) is 0 Å². The second-order valence-electron chi connectivity index (χ2n) is 11.8. The monoisotopic (exact) mass is 617 g/mol. The molecule has 2 N–H and O–H groups in total. The van der Waals surface area contributed by atoms with E-state index in [-0.39, 0.29) is 84.1 Å². The smallest absolute Gasteiger partial charge is 0.251 e. The predicted octanol–water partition coefficient (Wildman–Crippen LogP) is 3.32. The van der Waals surface area contributed by atoms with E-state index in [0.29, 0.717) is 17.9 Å². The van der Waals surface area contributed by atoms with Gasteiger partial charge < -0.3 is 25.0 Å². The fourth-order valence-electron chi connectivity index (χ4n) is 5.82. The third-order valence-electron chi connectivity index (χ3n) is 7.63. The lowest BCUT2D eigenvalue weighted by Crippen LogP contribution is -2.53. The van der Waals surface area contributed by atoms with Crippen molar-refractivity contribution in [2.24, 2.45) is 5.41 Å². The SMILES string of the molecule is C.CCCN1CCC(c2ccc(C(=O)N[C@@H](CC(C)(C)C)C(=O)N3C[C@@H](O)[C@H]4OCC(=O)[C@H]43)cc2)CC1.S.S.S. The van der Waals surface area contributed by atoms with Crippen LogP contribution in [0.5, 0.6) is 0 Å². The van der Waals surface area contributed by atoms with Crippen molar-refractivity contribution in [1.29, 1.82) is 0 Å². The number of β-amino-alcohol motifs (C(OH)–C–C–N with tert-alkyl or cyclic N) is 1. The van der Waals surface area contributed by atoms with Crippen LogP contribution in [0.25, 0.3) is 0 Å². The minimum atomic E-state index is -0.905. The zero-order valence-electron chi connectivity index (χ0n) is 23.5. The van der Waals surface area contributed by atoms with Gasteiger partial charge >= 0.3 is 0 Å². The third kappa shape index (κ3) is 9.13. The van der Waals surface area contributed by atoms with Crippen LogP contribution in [0.4, 0.5) is 0 Å². The average molecular weight is 618 g/mol. The van der Waals surface area contributed by atoms with Gasteiger partial charge in [-0.3, -0.25) is 14.4 Å². The number of nitrogens with zero attached hydrogens (tertiary/aromatic N) is 2. The van der Waals surface area contributed by atoms with Gasteiger partial charge in [0.25, 0.3) is 5.91 Å². The molecule has 3 heterocycles. The molecule has 1 aromatic rings. The number of likely N-dealkylation sites (tertiary alicyclic amines) is 2. The number of ketones is 1. The first-order valence-electron chi connectivity index (χ1n) is 13.3. The fraction of sp³-hybridized carbons (Fsp3) is 0.690. The summed E-state index contributed by atoms with van der Waals surface area (Å²) in [5, 5.41) is 13.2. The van der Waals surface area contributed by atoms with Gasteiger partial charge in [-0.1, -0.05) is 47.3 Å². The Hall–Kier alpha value is -1.24. The number of aliphatic hydroxyl groups is 1. The van der Waals surface area contributed by atoms with Gasteiger partial charge in [0.05, 0.1) is 6.54 Å². The minimum Gasteiger partial charge on any atom is -0.388 e. The molecule has 3 fully saturated rings. The standard InChI is InChI=1S/C28H41N3O5.CH4.3H2S/c1-5-12-30-13-10-19(11-14-30)18-6-8-20(9-7-18)26(34)29-21(15-28(2,3)4)27(35)31-16-22(32)25-24(31)23(33)17-36-25;;;;/h6-9,19,21-22,24-25,32H,5,10-17H2,1-4H3,(H,29,34);1H4;3*1H2/t21-,22+,24+,25+;;;;/m0..../s1. The molecule has 0 spiro atoms. The topological polar surface area (TPSA) is 99.2 Å². The van der Waals surface area contributed by atoms with E-state index in [1.165, 1.54) is 16.9 Å². The molecule has 3 aliphatic heterocycles. The highest BCUT2D eigenvalue weighted by atomic mass is 32.1. The summed E-state index contributed by atoms with van der Waals surface area (Å²) < 4.78 is 5.41. The third-order valence-corrected chi connectivity index (χ3v) is 7.63. The highest BCUT2D eigenvalue weighted by Gasteiger charge is 2.53. The Morgan fingerprint density at radius 3 is 2.25 bits per heavy atom. The lowest BCUT2D eigenvalue weighted by Gasteiger charge is -2.32. The van der Waals surface area contributed by atoms with Crippen LogP contribution in [0.15, 0.2) is 24.3 Å². The fourth-order valence-corrected chi connectivity index (χ4v) is 5.82. The van der Waals surface area contributed by atoms with Gasteiger partial charge in [-0.05, 0) is 74.3 Å². The number of fused-ring (bicyclic) bond motifs is 1. The summed E-state index contributed by atoms with van der Waals surface area (Å²) in [5.74, 6) is -0.362. The number of hydrogen-bond donors (Lipinski definition) is 2. The Morgan fingerprint density at radius 2 is 1.70 bits per heavy atom. The van der Waals surface area contributed by atoms with Gasteiger partial charge in [0.15, 0.2) is 5.78 Å². The van der Waals surface area contributed by atoms with E-state index in [0.717, 1.165) is 32.5 Å². The van der Waals surface area contributed by atoms with Crippen LogP contribution in [-0.4, -0.2) is 89.6 Å². The molecule has 0 radical (unpaired) electrons. The van der Waals surface area contributed by atoms with Gasteiger partial charge in [-0.15, -0.1) is 0 Å². The van der Waals surface area contributed by atoms with Gasteiger partial charge in [0, 0.05) is 5.56 Å². The molecule has 2 amide bonds. The van der Waals surface area contributed by atoms with Crippen LogP contribution in [0.2, 0.25) is 0 Å². The number of carbonyl (C=O) groups excluding carboxylic acids is 3. The van der Waals surface area contributed by atoms with E-state index in [4.69, 9.17) is 4.74 Å². The number of Topliss-reactive ketones (excluding diaryl/α,β-unsaturated/α-hetero) is 1. The number of piperidine rings is 1. The van der Waals surface area contributed by atoms with Crippen LogP contribution >= 0.6 is 40.5 Å². The maximum atomic E-state index is 13.5. The van der Waals surface area contributed by atoms with Crippen molar-refractivity contribution >= 4 is 58.1 Å². The van der Waals surface area contributed by atoms with Gasteiger partial charge in [0.1, 0.15) is 30.9 Å². The maximum Gasteiger partial charge on any atom is 0.251 e. The Kier molecular flexibility index (Phi) is 15.9. The second-order valence-corrected chi connectivity index (χ2v) is 11.8. The molecule has 0 unspecified atom stereocenters. The molecule has 3 aliphatic rings. The lowest BCUT2D eigenvalue weighted by molar-refractivity contribution is -0.138. The van der Waals surface area contributed by atoms with Crippen LogP contribution in [-0.2, 0) is 14.3 Å². The first-order valence-corrected chi connectivity index (χ1v) is 13.3. The molecule has 40 heavy (non-hydrogen) atoms. The molecule has 230 valence electrons. The van der Waals surface area contributed by atoms with Crippen LogP contribution in [0, 0.1) is 5.41 Å². The van der Waals surface area contributed by atoms with Gasteiger partial charge in [-0.2, -0.15) is 40.5 Å². The van der Waals surface area contributed by atoms with Crippen molar-refractivity contribution < 1.29 is 24.2 Å². The van der Waals surface area contributed by atoms with Crippen molar-refractivity contribution in [2.45, 2.75) is 91.0 Å². The summed E-state index contributed by atoms with van der Waals surface area (Å²) >= 11 is 0. The predicted molar refractivity (Wildman–Crippen MR) is 175 cm³/mol. The van der Waals surface area contributed by atoms with E-state index in [1.54, 1.807) is 0 Å². The Bertz CT molecular complexity index is 965. The quantitative estimate of drug-likeness (QED) is 0.487. The Morgan fingerprint density at radius 1 is 1.10 bits per heavy atom. The summed E-state index contributed by atoms with van der Waals surface area (Å²) in [5.41, 5.74) is 1.52. The largest absolute Gasteiger partial charge is 0.388 e. The molecule has 1 aromatic carbocycles. The molecule has 3 saturated heterocycles.